The third-order valence-electron chi connectivity index (χ3n) is 2.34. The van der Waals surface area contributed by atoms with Gasteiger partial charge in [0.2, 0.25) is 5.91 Å². The largest absolute Gasteiger partial charge is 0.466 e. The number of likely N-dealkylation sites (N-methyl/N-ethyl adjacent to an activating group) is 1. The molecule has 5 heteroatoms. The number of carbonyl (C=O) groups is 2. The summed E-state index contributed by atoms with van der Waals surface area (Å²) in [7, 11) is 3.20. The van der Waals surface area contributed by atoms with Crippen LogP contribution in [0.2, 0.25) is 0 Å². The highest BCUT2D eigenvalue weighted by molar-refractivity contribution is 5.88. The molecule has 0 aromatic heterocycles. The fourth-order valence-electron chi connectivity index (χ4n) is 1.45. The van der Waals surface area contributed by atoms with Crippen LogP contribution >= 0.6 is 0 Å². The highest BCUT2D eigenvalue weighted by Gasteiger charge is 2.09. The van der Waals surface area contributed by atoms with E-state index in [0.717, 1.165) is 0 Å². The third-order valence-corrected chi connectivity index (χ3v) is 2.34. The number of rotatable bonds is 7. The van der Waals surface area contributed by atoms with Gasteiger partial charge in [-0.1, -0.05) is 13.0 Å². The Morgan fingerprint density at radius 2 is 2.00 bits per heavy atom. The van der Waals surface area contributed by atoms with Crippen LogP contribution in [0.3, 0.4) is 0 Å². The highest BCUT2D eigenvalue weighted by Crippen LogP contribution is 2.03. The van der Waals surface area contributed by atoms with E-state index in [-0.39, 0.29) is 17.9 Å². The molecule has 1 N–H and O–H groups in total. The minimum Gasteiger partial charge on any atom is -0.466 e. The van der Waals surface area contributed by atoms with Crippen LogP contribution in [0, 0.1) is 0 Å². The van der Waals surface area contributed by atoms with Crippen LogP contribution in [0.5, 0.6) is 0 Å². The average molecular weight is 256 g/mol. The van der Waals surface area contributed by atoms with Gasteiger partial charge in [0.05, 0.1) is 13.7 Å². The zero-order valence-electron chi connectivity index (χ0n) is 11.9. The Kier molecular flexibility index (Phi) is 8.03. The number of methoxy groups -OCH3 is 1. The predicted molar refractivity (Wildman–Crippen MR) is 71.2 cm³/mol. The first-order chi connectivity index (χ1) is 8.40. The second-order valence-electron chi connectivity index (χ2n) is 4.49. The summed E-state index contributed by atoms with van der Waals surface area (Å²) in [6, 6.07) is 0.141. The van der Waals surface area contributed by atoms with E-state index in [1.54, 1.807) is 6.08 Å². The molecular weight excluding hydrogens is 232 g/mol. The molecule has 0 radical (unpaired) electrons. The molecule has 0 rings (SSSR count). The van der Waals surface area contributed by atoms with Gasteiger partial charge < -0.3 is 10.1 Å². The first-order valence-corrected chi connectivity index (χ1v) is 6.15. The molecule has 0 unspecified atom stereocenters. The molecule has 0 heterocycles. The summed E-state index contributed by atoms with van der Waals surface area (Å²) < 4.78 is 4.66. The Morgan fingerprint density at radius 1 is 1.39 bits per heavy atom. The number of esters is 1. The number of hydrogen-bond acceptors (Lipinski definition) is 4. The Balaban J connectivity index is 4.22. The first-order valence-electron chi connectivity index (χ1n) is 6.15. The first kappa shape index (κ1) is 16.6. The number of carbonyl (C=O) groups excluding carboxylic acids is 2. The molecule has 0 bridgehead atoms. The minimum absolute atomic E-state index is 0.0167. The van der Waals surface area contributed by atoms with Crippen LogP contribution in [0.4, 0.5) is 0 Å². The van der Waals surface area contributed by atoms with Gasteiger partial charge in [0.1, 0.15) is 0 Å². The normalized spacial score (nSPS) is 11.8. The molecule has 0 aromatic carbocycles. The summed E-state index contributed by atoms with van der Waals surface area (Å²) in [5, 5.41) is 2.82. The summed E-state index contributed by atoms with van der Waals surface area (Å²) in [5.41, 5.74) is 0.633. The zero-order chi connectivity index (χ0) is 14.1. The lowest BCUT2D eigenvalue weighted by Crippen LogP contribution is -2.38. The van der Waals surface area contributed by atoms with E-state index in [2.05, 4.69) is 10.1 Å². The zero-order valence-corrected chi connectivity index (χ0v) is 11.9. The van der Waals surface area contributed by atoms with Crippen molar-refractivity contribution in [3.8, 4) is 0 Å². The molecule has 18 heavy (non-hydrogen) atoms. The van der Waals surface area contributed by atoms with Gasteiger partial charge in [-0.3, -0.25) is 9.69 Å². The monoisotopic (exact) mass is 256 g/mol. The van der Waals surface area contributed by atoms with Crippen molar-refractivity contribution in [1.29, 1.82) is 0 Å². The number of nitrogens with zero attached hydrogens (tertiary/aromatic N) is 1. The van der Waals surface area contributed by atoms with Gasteiger partial charge in [0, 0.05) is 18.2 Å². The molecule has 0 aliphatic rings. The number of amides is 1. The Labute approximate surface area is 109 Å². The number of nitrogens with one attached hydrogen (secondary N) is 1. The molecule has 0 saturated carbocycles. The lowest BCUT2D eigenvalue weighted by atomic mass is 10.2. The summed E-state index contributed by atoms with van der Waals surface area (Å²) in [5.74, 6) is -0.324. The van der Waals surface area contributed by atoms with E-state index in [4.69, 9.17) is 0 Å². The van der Waals surface area contributed by atoms with E-state index < -0.39 is 0 Å². The van der Waals surface area contributed by atoms with Gasteiger partial charge in [0.15, 0.2) is 0 Å². The van der Waals surface area contributed by atoms with Crippen molar-refractivity contribution in [3.05, 3.63) is 11.6 Å². The van der Waals surface area contributed by atoms with Crippen LogP contribution in [0.1, 0.15) is 27.2 Å². The van der Waals surface area contributed by atoms with E-state index in [0.29, 0.717) is 25.1 Å². The maximum Gasteiger partial charge on any atom is 0.333 e. The molecule has 0 atom stereocenters. The standard InChI is InChI=1S/C13H24N2O3/c1-6-11(13(17)18-5)7-8-15(4)9-12(16)14-10(2)3/h7,10H,6,8-9H2,1-5H3,(H,14,16). The summed E-state index contributed by atoms with van der Waals surface area (Å²) in [6.07, 6.45) is 2.42. The van der Waals surface area contributed by atoms with Crippen LogP contribution in [0.25, 0.3) is 0 Å². The van der Waals surface area contributed by atoms with Crippen LogP contribution < -0.4 is 5.32 Å². The van der Waals surface area contributed by atoms with Gasteiger partial charge >= 0.3 is 5.97 Å². The van der Waals surface area contributed by atoms with Gasteiger partial charge in [0.25, 0.3) is 0 Å². The Morgan fingerprint density at radius 3 is 2.44 bits per heavy atom. The molecule has 104 valence electrons. The SMILES string of the molecule is CCC(=CCN(C)CC(=O)NC(C)C)C(=O)OC. The van der Waals surface area contributed by atoms with Gasteiger partial charge in [-0.25, -0.2) is 4.79 Å². The summed E-state index contributed by atoms with van der Waals surface area (Å²) in [4.78, 5) is 24.7. The van der Waals surface area contributed by atoms with Crippen LogP contribution in [0.15, 0.2) is 11.6 Å². The molecule has 0 aliphatic heterocycles. The van der Waals surface area contributed by atoms with Gasteiger partial charge in [-0.15, -0.1) is 0 Å². The lowest BCUT2D eigenvalue weighted by Gasteiger charge is -2.16. The molecule has 5 nitrogen and oxygen atoms in total. The quantitative estimate of drug-likeness (QED) is 0.544. The Bertz CT molecular complexity index is 311. The molecule has 0 aliphatic carbocycles. The van der Waals surface area contributed by atoms with Crippen molar-refractivity contribution in [1.82, 2.24) is 10.2 Å². The number of ether oxygens (including phenoxy) is 1. The van der Waals surface area contributed by atoms with Crippen molar-refractivity contribution >= 4 is 11.9 Å². The van der Waals surface area contributed by atoms with Gasteiger partial charge in [-0.2, -0.15) is 0 Å². The van der Waals surface area contributed by atoms with E-state index in [1.807, 2.05) is 32.7 Å². The second-order valence-corrected chi connectivity index (χ2v) is 4.49. The summed E-state index contributed by atoms with van der Waals surface area (Å²) >= 11 is 0. The maximum absolute atomic E-state index is 11.5. The maximum atomic E-state index is 11.5. The van der Waals surface area contributed by atoms with Crippen molar-refractivity contribution in [2.45, 2.75) is 33.2 Å². The van der Waals surface area contributed by atoms with Crippen LogP contribution in [-0.4, -0.2) is 50.1 Å². The highest BCUT2D eigenvalue weighted by atomic mass is 16.5. The molecule has 0 spiro atoms. The minimum atomic E-state index is -0.308. The molecule has 0 saturated heterocycles. The molecular formula is C13H24N2O3. The van der Waals surface area contributed by atoms with Crippen molar-refractivity contribution < 1.29 is 14.3 Å². The third kappa shape index (κ3) is 7.06. The second kappa shape index (κ2) is 8.69. The fraction of sp³-hybridized carbons (Fsp3) is 0.692. The molecule has 1 amide bonds. The lowest BCUT2D eigenvalue weighted by molar-refractivity contribution is -0.136. The average Bonchev–Trinajstić information content (AvgIpc) is 2.27. The van der Waals surface area contributed by atoms with E-state index in [1.165, 1.54) is 7.11 Å². The topological polar surface area (TPSA) is 58.6 Å². The van der Waals surface area contributed by atoms with Crippen LogP contribution in [-0.2, 0) is 14.3 Å². The fourth-order valence-corrected chi connectivity index (χ4v) is 1.45. The van der Waals surface area contributed by atoms with E-state index >= 15 is 0 Å². The van der Waals surface area contributed by atoms with Crippen molar-refractivity contribution in [3.63, 3.8) is 0 Å². The number of hydrogen-bond donors (Lipinski definition) is 1. The van der Waals surface area contributed by atoms with Crippen molar-refractivity contribution in [2.24, 2.45) is 0 Å². The smallest absolute Gasteiger partial charge is 0.333 e. The van der Waals surface area contributed by atoms with Gasteiger partial charge in [-0.05, 0) is 27.3 Å². The van der Waals surface area contributed by atoms with E-state index in [9.17, 15) is 9.59 Å². The molecule has 0 fully saturated rings. The predicted octanol–water partition coefficient (Wildman–Crippen LogP) is 0.952. The Hall–Kier alpha value is -1.36. The van der Waals surface area contributed by atoms with Crippen molar-refractivity contribution in [2.75, 3.05) is 27.2 Å². The molecule has 0 aromatic rings. The summed E-state index contributed by atoms with van der Waals surface area (Å²) in [6.45, 7) is 6.60.